The fourth-order valence-corrected chi connectivity index (χ4v) is 2.33. The van der Waals surface area contributed by atoms with Gasteiger partial charge in [-0.25, -0.2) is 14.6 Å². The van der Waals surface area contributed by atoms with E-state index >= 15 is 0 Å². The zero-order chi connectivity index (χ0) is 20.3. The zero-order valence-corrected chi connectivity index (χ0v) is 14.6. The minimum atomic E-state index is -0.751. The topological polar surface area (TPSA) is 178 Å². The average Bonchev–Trinajstić information content (AvgIpc) is 3.09. The summed E-state index contributed by atoms with van der Waals surface area (Å²) in [4.78, 5) is 28.6. The first-order valence-electron chi connectivity index (χ1n) is 7.86. The molecule has 3 rings (SSSR count). The maximum Gasteiger partial charge on any atom is 0.317 e. The van der Waals surface area contributed by atoms with Gasteiger partial charge in [0.05, 0.1) is 28.7 Å². The first-order chi connectivity index (χ1) is 13.3. The minimum absolute atomic E-state index is 0.110. The molecular weight excluding hydrogens is 372 g/mol. The van der Waals surface area contributed by atoms with Crippen LogP contribution in [0.4, 0.5) is 17.2 Å². The van der Waals surface area contributed by atoms with Crippen molar-refractivity contribution in [1.29, 1.82) is 0 Å². The molecule has 0 spiro atoms. The molecule has 0 fully saturated rings. The number of nitro benzene ring substituents is 2. The highest BCUT2D eigenvalue weighted by Crippen LogP contribution is 2.31. The number of aryl methyl sites for hydroxylation is 1. The summed E-state index contributed by atoms with van der Waals surface area (Å²) in [5.41, 5.74) is 5.99. The van der Waals surface area contributed by atoms with Crippen molar-refractivity contribution in [3.05, 3.63) is 67.9 Å². The monoisotopic (exact) mass is 386 g/mol. The molecule has 13 heteroatoms. The van der Waals surface area contributed by atoms with Gasteiger partial charge in [-0.15, -0.1) is 5.10 Å². The lowest BCUT2D eigenvalue weighted by molar-refractivity contribution is -0.394. The number of nitrogens with zero attached hydrogens (tertiary/aromatic N) is 7. The Labute approximate surface area is 157 Å². The number of rotatable bonds is 7. The molecule has 0 bridgehead atoms. The minimum Gasteiger partial charge on any atom is -0.480 e. The molecule has 0 amide bonds. The number of hydrogen-bond acceptors (Lipinski definition) is 10. The number of nitrogen functional groups attached to an aromatic ring is 1. The highest BCUT2D eigenvalue weighted by atomic mass is 16.6. The van der Waals surface area contributed by atoms with Crippen molar-refractivity contribution < 1.29 is 14.6 Å². The van der Waals surface area contributed by atoms with Gasteiger partial charge in [0.1, 0.15) is 23.9 Å². The second-order valence-electron chi connectivity index (χ2n) is 5.69. The van der Waals surface area contributed by atoms with Crippen molar-refractivity contribution >= 4 is 17.2 Å². The van der Waals surface area contributed by atoms with Crippen molar-refractivity contribution in [2.24, 2.45) is 0 Å². The number of non-ortho nitro benzene ring substituents is 1. The quantitative estimate of drug-likeness (QED) is 0.461. The van der Waals surface area contributed by atoms with Crippen LogP contribution < -0.4 is 10.5 Å². The Bertz CT molecular complexity index is 1050. The Kier molecular flexibility index (Phi) is 5.06. The zero-order valence-electron chi connectivity index (χ0n) is 14.6. The molecule has 0 saturated carbocycles. The van der Waals surface area contributed by atoms with Gasteiger partial charge >= 0.3 is 5.69 Å². The fraction of sp³-hybridized carbons (Fsp3) is 0.200. The van der Waals surface area contributed by atoms with Gasteiger partial charge in [-0.1, -0.05) is 5.21 Å². The van der Waals surface area contributed by atoms with E-state index in [4.69, 9.17) is 10.5 Å². The summed E-state index contributed by atoms with van der Waals surface area (Å²) in [7, 11) is 0. The van der Waals surface area contributed by atoms with Crippen LogP contribution in [0, 0.1) is 27.2 Å². The van der Waals surface area contributed by atoms with E-state index in [1.165, 1.54) is 10.7 Å². The molecule has 0 unspecified atom stereocenters. The van der Waals surface area contributed by atoms with E-state index in [9.17, 15) is 20.2 Å². The van der Waals surface area contributed by atoms with Gasteiger partial charge < -0.3 is 10.5 Å². The summed E-state index contributed by atoms with van der Waals surface area (Å²) >= 11 is 0. The lowest BCUT2D eigenvalue weighted by Gasteiger charge is -2.05. The van der Waals surface area contributed by atoms with Crippen LogP contribution in [0.3, 0.4) is 0 Å². The van der Waals surface area contributed by atoms with E-state index in [2.05, 4.69) is 20.3 Å². The number of aromatic nitrogens is 5. The number of benzene rings is 1. The Hall–Kier alpha value is -4.16. The SMILES string of the molecule is Cc1ncc(Cn2cc(COc3ccc([N+](=O)[O-])cc3[N+](=O)[O-])nn2)c(N)n1. The molecule has 0 aliphatic rings. The second kappa shape index (κ2) is 7.61. The van der Waals surface area contributed by atoms with E-state index in [1.54, 1.807) is 19.3 Å². The van der Waals surface area contributed by atoms with Crippen molar-refractivity contribution in [2.45, 2.75) is 20.1 Å². The highest BCUT2D eigenvalue weighted by Gasteiger charge is 2.21. The normalized spacial score (nSPS) is 10.6. The summed E-state index contributed by atoms with van der Waals surface area (Å²) in [5.74, 6) is 0.780. The Morgan fingerprint density at radius 1 is 1.25 bits per heavy atom. The summed E-state index contributed by atoms with van der Waals surface area (Å²) in [6.07, 6.45) is 3.17. The van der Waals surface area contributed by atoms with E-state index in [0.29, 0.717) is 22.9 Å². The van der Waals surface area contributed by atoms with Gasteiger partial charge in [0, 0.05) is 17.8 Å². The molecule has 144 valence electrons. The Morgan fingerprint density at radius 3 is 2.71 bits per heavy atom. The lowest BCUT2D eigenvalue weighted by Crippen LogP contribution is -2.07. The molecule has 0 aliphatic heterocycles. The van der Waals surface area contributed by atoms with Crippen LogP contribution in [-0.2, 0) is 13.2 Å². The van der Waals surface area contributed by atoms with E-state index < -0.39 is 21.2 Å². The van der Waals surface area contributed by atoms with Gasteiger partial charge in [-0.05, 0) is 13.0 Å². The number of nitrogens with two attached hydrogens (primary N) is 1. The van der Waals surface area contributed by atoms with E-state index in [-0.39, 0.29) is 18.9 Å². The van der Waals surface area contributed by atoms with E-state index in [1.807, 2.05) is 0 Å². The second-order valence-corrected chi connectivity index (χ2v) is 5.69. The molecule has 2 aromatic heterocycles. The van der Waals surface area contributed by atoms with Crippen molar-refractivity contribution in [3.63, 3.8) is 0 Å². The third-order valence-corrected chi connectivity index (χ3v) is 3.66. The highest BCUT2D eigenvalue weighted by molar-refractivity contribution is 5.53. The number of nitro groups is 2. The number of anilines is 1. The first-order valence-corrected chi connectivity index (χ1v) is 7.86. The molecule has 2 heterocycles. The molecule has 28 heavy (non-hydrogen) atoms. The maximum atomic E-state index is 11.1. The van der Waals surface area contributed by atoms with Gasteiger partial charge in [-0.3, -0.25) is 20.2 Å². The Morgan fingerprint density at radius 2 is 2.04 bits per heavy atom. The molecule has 13 nitrogen and oxygen atoms in total. The van der Waals surface area contributed by atoms with Crippen LogP contribution in [0.25, 0.3) is 0 Å². The van der Waals surface area contributed by atoms with Crippen molar-refractivity contribution in [3.8, 4) is 5.75 Å². The van der Waals surface area contributed by atoms with Gasteiger partial charge in [0.25, 0.3) is 5.69 Å². The average molecular weight is 386 g/mol. The van der Waals surface area contributed by atoms with Crippen molar-refractivity contribution in [1.82, 2.24) is 25.0 Å². The largest absolute Gasteiger partial charge is 0.480 e. The predicted octanol–water partition coefficient (Wildman–Crippen LogP) is 1.40. The summed E-state index contributed by atoms with van der Waals surface area (Å²) in [6, 6.07) is 3.14. The molecular formula is C15H14N8O5. The third-order valence-electron chi connectivity index (χ3n) is 3.66. The van der Waals surface area contributed by atoms with Crippen molar-refractivity contribution in [2.75, 3.05) is 5.73 Å². The van der Waals surface area contributed by atoms with Crippen LogP contribution >= 0.6 is 0 Å². The molecule has 0 radical (unpaired) electrons. The van der Waals surface area contributed by atoms with Gasteiger partial charge in [0.2, 0.25) is 0 Å². The van der Waals surface area contributed by atoms with Gasteiger partial charge in [0.15, 0.2) is 5.75 Å². The van der Waals surface area contributed by atoms with Crippen LogP contribution in [0.1, 0.15) is 17.1 Å². The molecule has 2 N–H and O–H groups in total. The molecule has 0 aliphatic carbocycles. The van der Waals surface area contributed by atoms with Crippen LogP contribution in [0.5, 0.6) is 5.75 Å². The fourth-order valence-electron chi connectivity index (χ4n) is 2.33. The predicted molar refractivity (Wildman–Crippen MR) is 94.4 cm³/mol. The van der Waals surface area contributed by atoms with Crippen LogP contribution in [-0.4, -0.2) is 34.8 Å². The van der Waals surface area contributed by atoms with Gasteiger partial charge in [-0.2, -0.15) is 0 Å². The standard InChI is InChI=1S/C15H14N8O5/c1-9-17-5-10(15(16)18-9)6-21-7-11(19-20-21)8-28-14-3-2-12(22(24)25)4-13(14)23(26)27/h2-5,7H,6,8H2,1H3,(H2,16,17,18). The summed E-state index contributed by atoms with van der Waals surface area (Å²) in [6.45, 7) is 1.90. The number of ether oxygens (including phenoxy) is 1. The van der Waals surface area contributed by atoms with Crippen LogP contribution in [0.15, 0.2) is 30.6 Å². The summed E-state index contributed by atoms with van der Waals surface area (Å²) < 4.78 is 6.89. The molecule has 1 aromatic carbocycles. The molecule has 3 aromatic rings. The maximum absolute atomic E-state index is 11.1. The smallest absolute Gasteiger partial charge is 0.317 e. The third kappa shape index (κ3) is 4.14. The lowest BCUT2D eigenvalue weighted by atomic mass is 10.2. The Balaban J connectivity index is 1.71. The van der Waals surface area contributed by atoms with E-state index in [0.717, 1.165) is 12.1 Å². The first kappa shape index (κ1) is 18.6. The summed E-state index contributed by atoms with van der Waals surface area (Å²) in [5, 5.41) is 29.7. The molecule has 0 saturated heterocycles. The number of hydrogen-bond donors (Lipinski definition) is 1. The van der Waals surface area contributed by atoms with Crippen LogP contribution in [0.2, 0.25) is 0 Å². The molecule has 0 atom stereocenters.